The van der Waals surface area contributed by atoms with E-state index in [9.17, 15) is 0 Å². The van der Waals surface area contributed by atoms with E-state index in [4.69, 9.17) is 0 Å². The molecule has 1 aromatic heterocycles. The van der Waals surface area contributed by atoms with Gasteiger partial charge in [-0.2, -0.15) is 0 Å². The second-order valence-corrected chi connectivity index (χ2v) is 36.0. The highest BCUT2D eigenvalue weighted by Crippen LogP contribution is 2.63. The van der Waals surface area contributed by atoms with Gasteiger partial charge in [0.2, 0.25) is 0 Å². The molecule has 3 nitrogen and oxygen atoms in total. The summed E-state index contributed by atoms with van der Waals surface area (Å²) in [5.41, 5.74) is 31.0. The molecule has 3 aliphatic heterocycles. The smallest absolute Gasteiger partial charge is 0.252 e. The molecule has 10 aromatic rings. The van der Waals surface area contributed by atoms with Crippen molar-refractivity contribution in [3.8, 4) is 11.1 Å². The van der Waals surface area contributed by atoms with E-state index in [0.717, 1.165) is 32.1 Å². The summed E-state index contributed by atoms with van der Waals surface area (Å²) in [6.07, 6.45) is 9.32. The van der Waals surface area contributed by atoms with E-state index in [1.807, 2.05) is 11.3 Å². The Morgan fingerprint density at radius 2 is 0.871 bits per heavy atom. The van der Waals surface area contributed by atoms with Gasteiger partial charge in [0.25, 0.3) is 6.71 Å². The van der Waals surface area contributed by atoms with Gasteiger partial charge in [-0.3, -0.25) is 0 Å². The quantitative estimate of drug-likeness (QED) is 0.163. The highest BCUT2D eigenvalue weighted by Gasteiger charge is 2.59. The zero-order chi connectivity index (χ0) is 64.9. The first-order valence-electron chi connectivity index (χ1n) is 35.3. The van der Waals surface area contributed by atoms with Gasteiger partial charge in [0.1, 0.15) is 0 Å². The van der Waals surface area contributed by atoms with Gasteiger partial charge in [-0.25, -0.2) is 0 Å². The van der Waals surface area contributed by atoms with E-state index in [2.05, 4.69) is 296 Å². The number of benzene rings is 9. The summed E-state index contributed by atoms with van der Waals surface area (Å²) >= 11 is 1.93. The van der Waals surface area contributed by atoms with Crippen molar-refractivity contribution in [3.63, 3.8) is 0 Å². The van der Waals surface area contributed by atoms with Crippen molar-refractivity contribution in [2.75, 3.05) is 14.7 Å². The molecule has 0 N–H and O–H groups in total. The molecule has 4 aliphatic carbocycles. The summed E-state index contributed by atoms with van der Waals surface area (Å²) in [5.74, 6) is 0. The van der Waals surface area contributed by atoms with Crippen LogP contribution in [-0.2, 0) is 43.3 Å². The molecule has 2 atom stereocenters. The van der Waals surface area contributed by atoms with Crippen LogP contribution in [0.5, 0.6) is 0 Å². The first kappa shape index (κ1) is 59.4. The fraction of sp³-hybridized carbons (Fsp3) is 0.386. The maximum Gasteiger partial charge on any atom is 0.252 e. The Kier molecular flexibility index (Phi) is 12.3. The van der Waals surface area contributed by atoms with Crippen molar-refractivity contribution in [2.45, 2.75) is 218 Å². The normalized spacial score (nSPS) is 22.6. The maximum atomic E-state index is 2.89. The van der Waals surface area contributed by atoms with Crippen molar-refractivity contribution < 1.29 is 0 Å². The predicted molar refractivity (Wildman–Crippen MR) is 402 cm³/mol. The molecule has 0 saturated heterocycles. The molecule has 0 amide bonds. The van der Waals surface area contributed by atoms with Crippen LogP contribution in [0.3, 0.4) is 0 Å². The fourth-order valence-corrected chi connectivity index (χ4v) is 20.9. The monoisotopic (exact) mass is 1240 g/mol. The van der Waals surface area contributed by atoms with Gasteiger partial charge in [0.05, 0.1) is 5.54 Å². The minimum Gasteiger partial charge on any atom is -0.334 e. The third kappa shape index (κ3) is 8.20. The number of anilines is 8. The molecular weight excluding hydrogens is 1140 g/mol. The van der Waals surface area contributed by atoms with Crippen LogP contribution in [0.15, 0.2) is 164 Å². The van der Waals surface area contributed by atoms with Gasteiger partial charge in [-0.15, -0.1) is 11.3 Å². The Labute approximate surface area is 559 Å². The summed E-state index contributed by atoms with van der Waals surface area (Å²) in [4.78, 5) is 8.48. The SMILES string of the molecule is CC(C)(C)c1ccc(-c2ccc3c(c2)C2(C)CCCCC2(C)N3c2cc3c4c(c2)N(c2ccc5c(c2)sc2ccccc25)c2cc5c(cc2B4c2cc4c(cc2N3c2ccc3c(c2)C(C)(C)CCC3(C)C)C(C)(C)CCC4(C)C)C(C)(C)c2ccccc2C5(C)C)cc1. The molecular formula is C88H94BN3S. The fourth-order valence-electron chi connectivity index (χ4n) is 19.7. The Bertz CT molecular complexity index is 4860. The first-order chi connectivity index (χ1) is 43.9. The van der Waals surface area contributed by atoms with Crippen LogP contribution in [0.2, 0.25) is 0 Å². The van der Waals surface area contributed by atoms with E-state index in [1.165, 1.54) is 168 Å². The largest absolute Gasteiger partial charge is 0.334 e. The number of rotatable bonds is 4. The third-order valence-electron chi connectivity index (χ3n) is 25.9. The molecule has 7 aliphatic rings. The molecule has 93 heavy (non-hydrogen) atoms. The summed E-state index contributed by atoms with van der Waals surface area (Å²) < 4.78 is 2.65. The molecule has 0 bridgehead atoms. The molecule has 17 rings (SSSR count). The number of hydrogen-bond acceptors (Lipinski definition) is 4. The highest BCUT2D eigenvalue weighted by molar-refractivity contribution is 7.25. The molecule has 5 heteroatoms. The van der Waals surface area contributed by atoms with E-state index in [0.29, 0.717) is 0 Å². The van der Waals surface area contributed by atoms with Gasteiger partial charge >= 0.3 is 0 Å². The third-order valence-corrected chi connectivity index (χ3v) is 27.1. The molecule has 4 heterocycles. The highest BCUT2D eigenvalue weighted by atomic mass is 32.1. The predicted octanol–water partition coefficient (Wildman–Crippen LogP) is 22.5. The van der Waals surface area contributed by atoms with Crippen LogP contribution >= 0.6 is 11.3 Å². The molecule has 0 radical (unpaired) electrons. The van der Waals surface area contributed by atoms with Crippen LogP contribution in [0.4, 0.5) is 45.5 Å². The van der Waals surface area contributed by atoms with Crippen molar-refractivity contribution in [1.82, 2.24) is 0 Å². The Morgan fingerprint density at radius 3 is 1.51 bits per heavy atom. The maximum absolute atomic E-state index is 2.89. The summed E-state index contributed by atoms with van der Waals surface area (Å²) in [5, 5.41) is 2.66. The average Bonchev–Trinajstić information content (AvgIpc) is 1.56. The number of thiophene rings is 1. The van der Waals surface area contributed by atoms with Crippen molar-refractivity contribution in [1.29, 1.82) is 0 Å². The zero-order valence-corrected chi connectivity index (χ0v) is 59.4. The number of fused-ring (bicyclic) bond motifs is 14. The summed E-state index contributed by atoms with van der Waals surface area (Å²) in [6, 6.07) is 67.0. The minimum atomic E-state index is -0.262. The lowest BCUT2D eigenvalue weighted by Crippen LogP contribution is -2.62. The van der Waals surface area contributed by atoms with Gasteiger partial charge < -0.3 is 14.7 Å². The lowest BCUT2D eigenvalue weighted by Gasteiger charge is -2.52. The van der Waals surface area contributed by atoms with Crippen LogP contribution in [-0.4, -0.2) is 12.3 Å². The van der Waals surface area contributed by atoms with Crippen molar-refractivity contribution >= 4 is 100 Å². The van der Waals surface area contributed by atoms with Gasteiger partial charge in [0.15, 0.2) is 0 Å². The molecule has 1 fully saturated rings. The Hall–Kier alpha value is -7.34. The summed E-state index contributed by atoms with van der Waals surface area (Å²) in [7, 11) is 0. The van der Waals surface area contributed by atoms with E-state index in [1.54, 1.807) is 0 Å². The second kappa shape index (κ2) is 19.2. The lowest BCUT2D eigenvalue weighted by atomic mass is 9.32. The molecule has 1 saturated carbocycles. The molecule has 2 unspecified atom stereocenters. The van der Waals surface area contributed by atoms with Crippen LogP contribution in [0, 0.1) is 0 Å². The molecule has 9 aromatic carbocycles. The first-order valence-corrected chi connectivity index (χ1v) is 36.1. The summed E-state index contributed by atoms with van der Waals surface area (Å²) in [6.45, 7) is 42.3. The van der Waals surface area contributed by atoms with Crippen LogP contribution in [0.25, 0.3) is 31.3 Å². The average molecular weight is 1240 g/mol. The van der Waals surface area contributed by atoms with Crippen molar-refractivity contribution in [2.24, 2.45) is 0 Å². The van der Waals surface area contributed by atoms with Crippen LogP contribution in [0.1, 0.15) is 225 Å². The Balaban J connectivity index is 1.01. The molecule has 470 valence electrons. The topological polar surface area (TPSA) is 9.72 Å². The lowest BCUT2D eigenvalue weighted by molar-refractivity contribution is 0.195. The minimum absolute atomic E-state index is 0.00511. The second-order valence-electron chi connectivity index (χ2n) is 35.0. The van der Waals surface area contributed by atoms with Crippen molar-refractivity contribution in [3.05, 3.63) is 219 Å². The number of hydrogen-bond donors (Lipinski definition) is 0. The van der Waals surface area contributed by atoms with Gasteiger partial charge in [0, 0.05) is 81.9 Å². The standard InChI is InChI=1S/C88H94BN3S/c1-80(2,3)55-31-28-53(29-32-55)54-30-37-72-69(44-54)87(16)38-22-23-39-88(87,17)92(72)58-46-75-79-76(47-58)91(57-33-35-60-59-24-18-21-27-77(59)93-78(60)48-57)74-52-68-67(85(12,13)62-25-19-20-26-63(62)86(68,14)15)50-71(74)89(79)70-49-65-66(84(10,11)43-42-83(65,8)9)51-73(70)90(75)56-34-36-61-64(45-56)82(6,7)41-40-81(61,4)5/h18-21,24-37,44-52H,22-23,38-43H2,1-17H3. The Morgan fingerprint density at radius 1 is 0.366 bits per heavy atom. The zero-order valence-electron chi connectivity index (χ0n) is 58.6. The number of nitrogens with zero attached hydrogens (tertiary/aromatic N) is 3. The van der Waals surface area contributed by atoms with Gasteiger partial charge in [-0.05, 0) is 222 Å². The van der Waals surface area contributed by atoms with E-state index >= 15 is 0 Å². The van der Waals surface area contributed by atoms with Crippen LogP contribution < -0.4 is 31.1 Å². The van der Waals surface area contributed by atoms with E-state index < -0.39 is 0 Å². The van der Waals surface area contributed by atoms with E-state index in [-0.39, 0.29) is 55.6 Å². The van der Waals surface area contributed by atoms with Gasteiger partial charge in [-0.1, -0.05) is 221 Å². The molecule has 0 spiro atoms.